The number of nitrogens with one attached hydrogen (secondary N) is 1. The normalized spacial score (nSPS) is 17.9. The molecule has 0 saturated heterocycles. The van der Waals surface area contributed by atoms with Gasteiger partial charge in [0.05, 0.1) is 5.69 Å². The lowest BCUT2D eigenvalue weighted by atomic mass is 10.2. The number of aliphatic imine (C=N–C) groups is 1. The summed E-state index contributed by atoms with van der Waals surface area (Å²) in [5.41, 5.74) is 10.6. The van der Waals surface area contributed by atoms with Crippen molar-refractivity contribution in [2.75, 3.05) is 17.0 Å². The lowest BCUT2D eigenvalue weighted by Crippen LogP contribution is -2.40. The van der Waals surface area contributed by atoms with E-state index in [4.69, 9.17) is 5.73 Å². The van der Waals surface area contributed by atoms with Gasteiger partial charge in [0.25, 0.3) is 6.43 Å². The first-order valence-corrected chi connectivity index (χ1v) is 6.15. The molecule has 1 aliphatic heterocycles. The fourth-order valence-corrected chi connectivity index (χ4v) is 1.39. The molecule has 4 nitrogen and oxygen atoms in total. The number of anilines is 2. The van der Waals surface area contributed by atoms with Crippen molar-refractivity contribution in [2.24, 2.45) is 4.99 Å². The van der Waals surface area contributed by atoms with Crippen LogP contribution in [0, 0.1) is 6.92 Å². The maximum atomic E-state index is 12.3. The third kappa shape index (κ3) is 3.33. The van der Waals surface area contributed by atoms with E-state index in [-0.39, 0.29) is 0 Å². The highest BCUT2D eigenvalue weighted by Crippen LogP contribution is 2.21. The van der Waals surface area contributed by atoms with Crippen molar-refractivity contribution in [1.29, 1.82) is 0 Å². The molecule has 1 unspecified atom stereocenters. The number of halogens is 2. The number of hydrogen-bond donors (Lipinski definition) is 3. The van der Waals surface area contributed by atoms with Gasteiger partial charge in [-0.1, -0.05) is 6.07 Å². The highest BCUT2D eigenvalue weighted by Gasteiger charge is 2.25. The Morgan fingerprint density at radius 2 is 2.11 bits per heavy atom. The highest BCUT2D eigenvalue weighted by molar-refractivity contribution is 7.79. The Kier molecular flexibility index (Phi) is 5.36. The van der Waals surface area contributed by atoms with Crippen LogP contribution in [0.4, 0.5) is 20.2 Å². The summed E-state index contributed by atoms with van der Waals surface area (Å²) < 4.78 is 24.7. The standard InChI is InChI=1S/C10H12F2N4.CH4S/c1-6-2-3-7(4-8(6)13)16-5-14-10(15-16)9(11)12;1-2/h2-5,9-10,15H,13H2,1H3;2H,1H3. The number of nitrogens with two attached hydrogens (primary N) is 1. The maximum absolute atomic E-state index is 12.3. The fourth-order valence-electron chi connectivity index (χ4n) is 1.39. The largest absolute Gasteiger partial charge is 0.398 e. The molecule has 2 rings (SSSR count). The number of alkyl halides is 2. The number of benzene rings is 1. The van der Waals surface area contributed by atoms with Crippen LogP contribution in [-0.2, 0) is 0 Å². The summed E-state index contributed by atoms with van der Waals surface area (Å²) in [6.07, 6.45) is -0.674. The summed E-state index contributed by atoms with van der Waals surface area (Å²) >= 11 is 3.53. The quantitative estimate of drug-likeness (QED) is 0.571. The summed E-state index contributed by atoms with van der Waals surface area (Å²) in [6, 6.07) is 5.33. The van der Waals surface area contributed by atoms with Crippen molar-refractivity contribution >= 4 is 30.3 Å². The molecule has 0 fully saturated rings. The lowest BCUT2D eigenvalue weighted by Gasteiger charge is -2.18. The molecule has 1 aliphatic rings. The molecule has 0 bridgehead atoms. The predicted molar refractivity (Wildman–Crippen MR) is 74.4 cm³/mol. The van der Waals surface area contributed by atoms with Gasteiger partial charge < -0.3 is 5.73 Å². The SMILES string of the molecule is CS.Cc1ccc(N2C=NC(C(F)F)N2)cc1N. The van der Waals surface area contributed by atoms with Crippen LogP contribution >= 0.6 is 12.6 Å². The smallest absolute Gasteiger partial charge is 0.275 e. The van der Waals surface area contributed by atoms with Gasteiger partial charge in [-0.15, -0.1) is 0 Å². The molecule has 7 heteroatoms. The van der Waals surface area contributed by atoms with Gasteiger partial charge in [0.15, 0.2) is 6.17 Å². The third-order valence-electron chi connectivity index (χ3n) is 2.39. The van der Waals surface area contributed by atoms with Gasteiger partial charge in [-0.25, -0.2) is 13.8 Å². The molecule has 1 atom stereocenters. The van der Waals surface area contributed by atoms with E-state index < -0.39 is 12.6 Å². The van der Waals surface area contributed by atoms with Crippen LogP contribution in [0.2, 0.25) is 0 Å². The first-order valence-electron chi connectivity index (χ1n) is 5.25. The number of aryl methyl sites for hydroxylation is 1. The number of hydrogen-bond acceptors (Lipinski definition) is 5. The minimum atomic E-state index is -2.52. The van der Waals surface area contributed by atoms with E-state index in [0.29, 0.717) is 11.4 Å². The molecule has 18 heavy (non-hydrogen) atoms. The van der Waals surface area contributed by atoms with E-state index in [0.717, 1.165) is 5.56 Å². The Hall–Kier alpha value is -1.34. The van der Waals surface area contributed by atoms with Gasteiger partial charge in [-0.05, 0) is 30.9 Å². The Morgan fingerprint density at radius 3 is 2.61 bits per heavy atom. The zero-order chi connectivity index (χ0) is 13.7. The minimum Gasteiger partial charge on any atom is -0.398 e. The lowest BCUT2D eigenvalue weighted by molar-refractivity contribution is 0.107. The Morgan fingerprint density at radius 1 is 1.44 bits per heavy atom. The molecular formula is C11H16F2N4S. The zero-order valence-electron chi connectivity index (χ0n) is 10.1. The molecule has 0 spiro atoms. The molecule has 0 aromatic heterocycles. The molecule has 0 radical (unpaired) electrons. The second-order valence-corrected chi connectivity index (χ2v) is 3.58. The first-order chi connectivity index (χ1) is 8.58. The van der Waals surface area contributed by atoms with Crippen molar-refractivity contribution in [3.8, 4) is 0 Å². The van der Waals surface area contributed by atoms with E-state index in [9.17, 15) is 8.78 Å². The molecule has 100 valence electrons. The molecule has 1 aromatic rings. The average Bonchev–Trinajstić information content (AvgIpc) is 2.85. The molecule has 1 heterocycles. The van der Waals surface area contributed by atoms with Crippen LogP contribution in [-0.4, -0.2) is 25.2 Å². The second-order valence-electron chi connectivity index (χ2n) is 3.58. The Labute approximate surface area is 110 Å². The summed E-state index contributed by atoms with van der Waals surface area (Å²) in [4.78, 5) is 3.64. The van der Waals surface area contributed by atoms with Crippen molar-refractivity contribution in [3.05, 3.63) is 23.8 Å². The number of thiol groups is 1. The number of hydrazine groups is 1. The zero-order valence-corrected chi connectivity index (χ0v) is 11.0. The van der Waals surface area contributed by atoms with E-state index >= 15 is 0 Å². The highest BCUT2D eigenvalue weighted by atomic mass is 32.1. The maximum Gasteiger partial charge on any atom is 0.275 e. The van der Waals surface area contributed by atoms with Crippen LogP contribution < -0.4 is 16.2 Å². The number of nitrogens with zero attached hydrogens (tertiary/aromatic N) is 2. The fraction of sp³-hybridized carbons (Fsp3) is 0.364. The van der Waals surface area contributed by atoms with Crippen LogP contribution in [0.15, 0.2) is 23.2 Å². The van der Waals surface area contributed by atoms with Gasteiger partial charge in [0.1, 0.15) is 6.34 Å². The average molecular weight is 274 g/mol. The Balaban J connectivity index is 0.000000771. The topological polar surface area (TPSA) is 53.6 Å². The second kappa shape index (κ2) is 6.55. The van der Waals surface area contributed by atoms with E-state index in [1.807, 2.05) is 13.0 Å². The molecule has 1 aromatic carbocycles. The van der Waals surface area contributed by atoms with Gasteiger partial charge >= 0.3 is 0 Å². The minimum absolute atomic E-state index is 0.619. The van der Waals surface area contributed by atoms with Crippen molar-refractivity contribution in [1.82, 2.24) is 5.43 Å². The number of nitrogen functional groups attached to an aromatic ring is 1. The first kappa shape index (κ1) is 14.7. The van der Waals surface area contributed by atoms with E-state index in [2.05, 4.69) is 23.0 Å². The van der Waals surface area contributed by atoms with Crippen LogP contribution in [0.25, 0.3) is 0 Å². The van der Waals surface area contributed by atoms with Gasteiger partial charge in [0, 0.05) is 5.69 Å². The van der Waals surface area contributed by atoms with Gasteiger partial charge in [-0.3, -0.25) is 5.01 Å². The molecule has 0 aliphatic carbocycles. The van der Waals surface area contributed by atoms with E-state index in [1.54, 1.807) is 18.4 Å². The summed E-state index contributed by atoms with van der Waals surface area (Å²) in [7, 11) is 0. The number of rotatable bonds is 2. The molecular weight excluding hydrogens is 258 g/mol. The van der Waals surface area contributed by atoms with E-state index in [1.165, 1.54) is 11.3 Å². The van der Waals surface area contributed by atoms with Crippen molar-refractivity contribution in [3.63, 3.8) is 0 Å². The molecule has 0 saturated carbocycles. The van der Waals surface area contributed by atoms with Crippen LogP contribution in [0.1, 0.15) is 5.56 Å². The van der Waals surface area contributed by atoms with Gasteiger partial charge in [-0.2, -0.15) is 18.1 Å². The van der Waals surface area contributed by atoms with Gasteiger partial charge in [0.2, 0.25) is 0 Å². The molecule has 0 amide bonds. The van der Waals surface area contributed by atoms with Crippen molar-refractivity contribution in [2.45, 2.75) is 19.5 Å². The Bertz CT molecular complexity index is 426. The monoisotopic (exact) mass is 274 g/mol. The summed E-state index contributed by atoms with van der Waals surface area (Å²) in [5.74, 6) is 0. The summed E-state index contributed by atoms with van der Waals surface area (Å²) in [5, 5.41) is 1.44. The van der Waals surface area contributed by atoms with Crippen LogP contribution in [0.3, 0.4) is 0 Å². The predicted octanol–water partition coefficient (Wildman–Crippen LogP) is 2.07. The third-order valence-corrected chi connectivity index (χ3v) is 2.39. The van der Waals surface area contributed by atoms with Crippen molar-refractivity contribution < 1.29 is 8.78 Å². The van der Waals surface area contributed by atoms with Crippen LogP contribution in [0.5, 0.6) is 0 Å². The molecule has 3 N–H and O–H groups in total. The summed E-state index contributed by atoms with van der Waals surface area (Å²) in [6.45, 7) is 1.88.